The largest absolute Gasteiger partial charge is 0.444 e. The van der Waals surface area contributed by atoms with Crippen molar-refractivity contribution in [1.29, 1.82) is 0 Å². The van der Waals surface area contributed by atoms with E-state index in [1.54, 1.807) is 20.8 Å². The fourth-order valence-corrected chi connectivity index (χ4v) is 6.02. The first kappa shape index (κ1) is 31.5. The zero-order valence-corrected chi connectivity index (χ0v) is 25.8. The Morgan fingerprint density at radius 1 is 1.00 bits per heavy atom. The number of hydrogen-bond donors (Lipinski definition) is 0. The normalized spacial score (nSPS) is 21.2. The Kier molecular flexibility index (Phi) is 8.75. The van der Waals surface area contributed by atoms with E-state index in [9.17, 15) is 22.8 Å². The highest BCUT2D eigenvalue weighted by Gasteiger charge is 2.52. The van der Waals surface area contributed by atoms with E-state index in [0.29, 0.717) is 31.8 Å². The summed E-state index contributed by atoms with van der Waals surface area (Å²) in [6.07, 6.45) is 1.01. The Labute approximate surface area is 255 Å². The van der Waals surface area contributed by atoms with Gasteiger partial charge < -0.3 is 14.5 Å². The fraction of sp³-hybridized carbons (Fsp3) is 0.500. The summed E-state index contributed by atoms with van der Waals surface area (Å²) in [7, 11) is 0. The van der Waals surface area contributed by atoms with E-state index in [-0.39, 0.29) is 48.6 Å². The number of piperazine rings is 1. The SMILES string of the molecule is CC(C)C1CN(C(=O)C2(n3cc(-c4cc(F)c(F)cc4F)nn3)CCN(C(=O)OC(C)(C)C)C2)CCN1Cc1ccccc1. The minimum absolute atomic E-state index is 0.0413. The summed E-state index contributed by atoms with van der Waals surface area (Å²) >= 11 is 0. The van der Waals surface area contributed by atoms with Gasteiger partial charge in [-0.1, -0.05) is 49.4 Å². The molecule has 2 amide bonds. The number of ether oxygens (including phenoxy) is 1. The lowest BCUT2D eigenvalue weighted by molar-refractivity contribution is -0.144. The van der Waals surface area contributed by atoms with E-state index >= 15 is 0 Å². The molecule has 3 heterocycles. The predicted octanol–water partition coefficient (Wildman–Crippen LogP) is 5.07. The van der Waals surface area contributed by atoms with Gasteiger partial charge in [0.1, 0.15) is 17.1 Å². The molecule has 2 atom stereocenters. The molecular weight excluding hydrogens is 573 g/mol. The number of carbonyl (C=O) groups is 2. The first-order valence-corrected chi connectivity index (χ1v) is 14.9. The number of likely N-dealkylation sites (tertiary alicyclic amines) is 1. The molecule has 2 aliphatic rings. The van der Waals surface area contributed by atoms with Crippen molar-refractivity contribution in [1.82, 2.24) is 29.7 Å². The number of carbonyl (C=O) groups excluding carboxylic acids is 2. The van der Waals surface area contributed by atoms with Gasteiger partial charge in [0.2, 0.25) is 0 Å². The van der Waals surface area contributed by atoms with Gasteiger partial charge in [-0.25, -0.2) is 22.6 Å². The molecule has 2 aromatic carbocycles. The maximum atomic E-state index is 14.7. The van der Waals surface area contributed by atoms with Crippen molar-refractivity contribution in [2.24, 2.45) is 5.92 Å². The van der Waals surface area contributed by atoms with Crippen molar-refractivity contribution in [3.63, 3.8) is 0 Å². The van der Waals surface area contributed by atoms with E-state index in [0.717, 1.165) is 6.54 Å². The molecule has 44 heavy (non-hydrogen) atoms. The van der Waals surface area contributed by atoms with Crippen molar-refractivity contribution < 1.29 is 27.5 Å². The molecule has 2 unspecified atom stereocenters. The molecular formula is C32H39F3N6O3. The van der Waals surface area contributed by atoms with Crippen molar-refractivity contribution in [2.75, 3.05) is 32.7 Å². The summed E-state index contributed by atoms with van der Waals surface area (Å²) in [5, 5.41) is 8.23. The van der Waals surface area contributed by atoms with Gasteiger partial charge in [0.25, 0.3) is 5.91 Å². The average molecular weight is 613 g/mol. The van der Waals surface area contributed by atoms with Crippen LogP contribution >= 0.6 is 0 Å². The van der Waals surface area contributed by atoms with Gasteiger partial charge in [-0.05, 0) is 38.3 Å². The van der Waals surface area contributed by atoms with Gasteiger partial charge in [-0.15, -0.1) is 5.10 Å². The summed E-state index contributed by atoms with van der Waals surface area (Å²) in [6.45, 7) is 12.1. The van der Waals surface area contributed by atoms with Crippen LogP contribution in [0.4, 0.5) is 18.0 Å². The zero-order valence-electron chi connectivity index (χ0n) is 25.8. The number of halogens is 3. The monoisotopic (exact) mass is 612 g/mol. The molecule has 3 aromatic rings. The molecule has 9 nitrogen and oxygen atoms in total. The molecule has 236 valence electrons. The smallest absolute Gasteiger partial charge is 0.410 e. The number of hydrogen-bond acceptors (Lipinski definition) is 6. The molecule has 2 fully saturated rings. The van der Waals surface area contributed by atoms with E-state index in [1.165, 1.54) is 21.3 Å². The highest BCUT2D eigenvalue weighted by molar-refractivity contribution is 5.86. The van der Waals surface area contributed by atoms with E-state index in [1.807, 2.05) is 23.1 Å². The third-order valence-electron chi connectivity index (χ3n) is 8.33. The first-order valence-electron chi connectivity index (χ1n) is 14.9. The molecule has 2 aliphatic heterocycles. The number of amides is 2. The maximum absolute atomic E-state index is 14.7. The van der Waals surface area contributed by atoms with Crippen LogP contribution in [0.2, 0.25) is 0 Å². The molecule has 0 saturated carbocycles. The van der Waals surface area contributed by atoms with Gasteiger partial charge in [-0.3, -0.25) is 9.69 Å². The average Bonchev–Trinajstić information content (AvgIpc) is 3.64. The number of rotatable bonds is 6. The Hall–Kier alpha value is -3.93. The number of nitrogens with zero attached hydrogens (tertiary/aromatic N) is 6. The standard InChI is InChI=1S/C32H39F3N6O3/c1-21(2)28-19-39(14-13-38(28)17-22-9-7-6-8-10-22)29(42)32(11-12-40(20-32)30(43)44-31(3,4)5)41-18-27(36-37-41)23-15-25(34)26(35)16-24(23)33/h6-10,15-16,18,21,28H,11-14,17,19-20H2,1-5H3. The quantitative estimate of drug-likeness (QED) is 0.362. The van der Waals surface area contributed by atoms with Gasteiger partial charge >= 0.3 is 6.09 Å². The summed E-state index contributed by atoms with van der Waals surface area (Å²) in [5.41, 5.74) is -1.25. The second-order valence-electron chi connectivity index (χ2n) is 13.0. The molecule has 0 N–H and O–H groups in total. The summed E-state index contributed by atoms with van der Waals surface area (Å²) in [4.78, 5) is 33.3. The summed E-state index contributed by atoms with van der Waals surface area (Å²) < 4.78 is 49.2. The van der Waals surface area contributed by atoms with Crippen LogP contribution in [-0.4, -0.2) is 86.1 Å². The third kappa shape index (κ3) is 6.45. The molecule has 12 heteroatoms. The molecule has 0 bridgehead atoms. The van der Waals surface area contributed by atoms with Crippen molar-refractivity contribution in [3.05, 3.63) is 71.7 Å². The van der Waals surface area contributed by atoms with Crippen LogP contribution in [0.3, 0.4) is 0 Å². The van der Waals surface area contributed by atoms with Crippen LogP contribution in [-0.2, 0) is 21.6 Å². The van der Waals surface area contributed by atoms with Gasteiger partial charge in [0, 0.05) is 56.8 Å². The van der Waals surface area contributed by atoms with Crippen LogP contribution in [0, 0.1) is 23.4 Å². The lowest BCUT2D eigenvalue weighted by Gasteiger charge is -2.45. The molecule has 0 radical (unpaired) electrons. The molecule has 0 aliphatic carbocycles. The second-order valence-corrected chi connectivity index (χ2v) is 13.0. The van der Waals surface area contributed by atoms with Crippen molar-refractivity contribution in [2.45, 2.75) is 64.8 Å². The predicted molar refractivity (Wildman–Crippen MR) is 158 cm³/mol. The van der Waals surface area contributed by atoms with Gasteiger partial charge in [0.15, 0.2) is 17.2 Å². The Balaban J connectivity index is 1.46. The van der Waals surface area contributed by atoms with E-state index < -0.39 is 34.7 Å². The fourth-order valence-electron chi connectivity index (χ4n) is 6.02. The second kappa shape index (κ2) is 12.2. The van der Waals surface area contributed by atoms with Crippen molar-refractivity contribution >= 4 is 12.0 Å². The Morgan fingerprint density at radius 3 is 2.39 bits per heavy atom. The zero-order chi connectivity index (χ0) is 31.8. The van der Waals surface area contributed by atoms with Crippen LogP contribution in [0.5, 0.6) is 0 Å². The molecule has 5 rings (SSSR count). The van der Waals surface area contributed by atoms with E-state index in [4.69, 9.17) is 4.74 Å². The molecule has 1 aromatic heterocycles. The van der Waals surface area contributed by atoms with Crippen LogP contribution < -0.4 is 0 Å². The topological polar surface area (TPSA) is 83.8 Å². The lowest BCUT2D eigenvalue weighted by Crippen LogP contribution is -2.61. The van der Waals surface area contributed by atoms with Crippen LogP contribution in [0.25, 0.3) is 11.3 Å². The van der Waals surface area contributed by atoms with E-state index in [2.05, 4.69) is 41.2 Å². The Bertz CT molecular complexity index is 1510. The van der Waals surface area contributed by atoms with Crippen LogP contribution in [0.1, 0.15) is 46.6 Å². The number of benzene rings is 2. The first-order chi connectivity index (χ1) is 20.8. The van der Waals surface area contributed by atoms with Gasteiger partial charge in [-0.2, -0.15) is 0 Å². The minimum Gasteiger partial charge on any atom is -0.444 e. The van der Waals surface area contributed by atoms with Crippen LogP contribution in [0.15, 0.2) is 48.7 Å². The lowest BCUT2D eigenvalue weighted by atomic mass is 9.93. The molecule has 0 spiro atoms. The number of aromatic nitrogens is 3. The highest BCUT2D eigenvalue weighted by atomic mass is 19.2. The summed E-state index contributed by atoms with van der Waals surface area (Å²) in [5.74, 6) is -3.54. The van der Waals surface area contributed by atoms with Crippen molar-refractivity contribution in [3.8, 4) is 11.3 Å². The Morgan fingerprint density at radius 2 is 1.70 bits per heavy atom. The minimum atomic E-state index is -1.36. The summed E-state index contributed by atoms with van der Waals surface area (Å²) in [6, 6.07) is 11.4. The highest BCUT2D eigenvalue weighted by Crippen LogP contribution is 2.35. The van der Waals surface area contributed by atoms with Gasteiger partial charge in [0.05, 0.1) is 12.7 Å². The third-order valence-corrected chi connectivity index (χ3v) is 8.33. The molecule has 2 saturated heterocycles. The maximum Gasteiger partial charge on any atom is 0.410 e.